The summed E-state index contributed by atoms with van der Waals surface area (Å²) in [4.78, 5) is 15.0. The van der Waals surface area contributed by atoms with Crippen molar-refractivity contribution in [3.05, 3.63) is 35.9 Å². The first-order chi connectivity index (χ1) is 11.1. The summed E-state index contributed by atoms with van der Waals surface area (Å²) >= 11 is 0. The lowest BCUT2D eigenvalue weighted by Gasteiger charge is -2.31. The molecule has 2 heterocycles. The topological polar surface area (TPSA) is 41.6 Å². The molecule has 2 atom stereocenters. The van der Waals surface area contributed by atoms with Crippen molar-refractivity contribution in [2.75, 3.05) is 26.2 Å². The van der Waals surface area contributed by atoms with Gasteiger partial charge >= 0.3 is 5.97 Å². The second-order valence-corrected chi connectivity index (χ2v) is 7.43. The Morgan fingerprint density at radius 1 is 1.30 bits per heavy atom. The average Bonchev–Trinajstić information content (AvgIpc) is 3.17. The Morgan fingerprint density at radius 2 is 2.09 bits per heavy atom. The molecule has 23 heavy (non-hydrogen) atoms. The third-order valence-corrected chi connectivity index (χ3v) is 5.29. The van der Waals surface area contributed by atoms with Gasteiger partial charge in [-0.15, -0.1) is 0 Å². The summed E-state index contributed by atoms with van der Waals surface area (Å²) in [6.45, 7) is 8.82. The third kappa shape index (κ3) is 3.75. The van der Waals surface area contributed by atoms with E-state index in [1.54, 1.807) is 0 Å². The van der Waals surface area contributed by atoms with Crippen LogP contribution in [0.2, 0.25) is 0 Å². The third-order valence-electron chi connectivity index (χ3n) is 5.29. The van der Waals surface area contributed by atoms with E-state index in [4.69, 9.17) is 4.74 Å². The van der Waals surface area contributed by atoms with E-state index in [9.17, 15) is 4.79 Å². The first-order valence-electron chi connectivity index (χ1n) is 8.75. The molecule has 0 radical (unpaired) electrons. The van der Waals surface area contributed by atoms with Gasteiger partial charge in [-0.25, -0.2) is 0 Å². The smallest absolute Gasteiger partial charge is 0.323 e. The van der Waals surface area contributed by atoms with Crippen LogP contribution in [0.4, 0.5) is 0 Å². The number of rotatable bonds is 5. The molecule has 2 aliphatic heterocycles. The van der Waals surface area contributed by atoms with Crippen LogP contribution in [0.1, 0.15) is 32.3 Å². The fraction of sp³-hybridized carbons (Fsp3) is 0.632. The summed E-state index contributed by atoms with van der Waals surface area (Å²) < 4.78 is 5.62. The minimum atomic E-state index is -0.126. The minimum absolute atomic E-state index is 0.0770. The Labute approximate surface area is 139 Å². The number of esters is 1. The van der Waals surface area contributed by atoms with E-state index in [1.165, 1.54) is 12.8 Å². The second kappa shape index (κ2) is 7.02. The van der Waals surface area contributed by atoms with E-state index >= 15 is 0 Å². The Morgan fingerprint density at radius 3 is 2.74 bits per heavy atom. The highest BCUT2D eigenvalue weighted by Gasteiger charge is 2.44. The predicted molar refractivity (Wildman–Crippen MR) is 91.0 cm³/mol. The summed E-state index contributed by atoms with van der Waals surface area (Å²) in [6, 6.07) is 9.78. The second-order valence-electron chi connectivity index (χ2n) is 7.43. The molecule has 1 spiro atoms. The van der Waals surface area contributed by atoms with Gasteiger partial charge in [-0.05, 0) is 42.8 Å². The first-order valence-corrected chi connectivity index (χ1v) is 8.75. The largest absolute Gasteiger partial charge is 0.460 e. The van der Waals surface area contributed by atoms with Crippen molar-refractivity contribution in [3.8, 4) is 0 Å². The van der Waals surface area contributed by atoms with E-state index in [2.05, 4.69) is 24.1 Å². The van der Waals surface area contributed by atoms with Gasteiger partial charge in [0.2, 0.25) is 0 Å². The van der Waals surface area contributed by atoms with Crippen LogP contribution in [0.3, 0.4) is 0 Å². The lowest BCUT2D eigenvalue weighted by atomic mass is 9.86. The molecule has 4 heteroatoms. The molecule has 1 aromatic carbocycles. The predicted octanol–water partition coefficient (Wildman–Crippen LogP) is 2.44. The average molecular weight is 316 g/mol. The molecule has 0 unspecified atom stereocenters. The molecule has 2 aliphatic rings. The summed E-state index contributed by atoms with van der Waals surface area (Å²) in [5.41, 5.74) is 1.42. The molecule has 0 saturated carbocycles. The van der Waals surface area contributed by atoms with Gasteiger partial charge in [-0.3, -0.25) is 9.69 Å². The maximum absolute atomic E-state index is 12.7. The first kappa shape index (κ1) is 16.5. The number of benzene rings is 1. The summed E-state index contributed by atoms with van der Waals surface area (Å²) in [6.07, 6.45) is 2.42. The van der Waals surface area contributed by atoms with Crippen molar-refractivity contribution in [1.29, 1.82) is 0 Å². The van der Waals surface area contributed by atoms with Crippen molar-refractivity contribution < 1.29 is 9.53 Å². The lowest BCUT2D eigenvalue weighted by molar-refractivity contribution is -0.153. The fourth-order valence-corrected chi connectivity index (χ4v) is 4.01. The monoisotopic (exact) mass is 316 g/mol. The van der Waals surface area contributed by atoms with Gasteiger partial charge in [0.25, 0.3) is 0 Å². The van der Waals surface area contributed by atoms with Crippen LogP contribution in [-0.2, 0) is 16.1 Å². The molecule has 0 aromatic heterocycles. The van der Waals surface area contributed by atoms with Gasteiger partial charge in [0.15, 0.2) is 0 Å². The normalized spacial score (nSPS) is 26.0. The maximum Gasteiger partial charge on any atom is 0.323 e. The molecule has 0 aliphatic carbocycles. The Kier molecular flexibility index (Phi) is 5.02. The van der Waals surface area contributed by atoms with Gasteiger partial charge in [0.05, 0.1) is 0 Å². The van der Waals surface area contributed by atoms with Gasteiger partial charge < -0.3 is 10.1 Å². The zero-order valence-electron chi connectivity index (χ0n) is 14.3. The number of likely N-dealkylation sites (tertiary alicyclic amines) is 1. The Bertz CT molecular complexity index is 523. The van der Waals surface area contributed by atoms with Crippen molar-refractivity contribution >= 4 is 5.97 Å². The van der Waals surface area contributed by atoms with Gasteiger partial charge in [0.1, 0.15) is 12.6 Å². The number of hydrogen-bond donors (Lipinski definition) is 1. The molecule has 2 fully saturated rings. The van der Waals surface area contributed by atoms with E-state index in [-0.39, 0.29) is 17.9 Å². The lowest BCUT2D eigenvalue weighted by Crippen LogP contribution is -2.45. The molecule has 1 aromatic rings. The molecule has 126 valence electrons. The summed E-state index contributed by atoms with van der Waals surface area (Å²) in [5.74, 6) is 0.189. The van der Waals surface area contributed by atoms with Crippen LogP contribution in [0.25, 0.3) is 0 Å². The van der Waals surface area contributed by atoms with Crippen LogP contribution in [-0.4, -0.2) is 43.1 Å². The maximum atomic E-state index is 12.7. The van der Waals surface area contributed by atoms with Gasteiger partial charge in [-0.2, -0.15) is 0 Å². The van der Waals surface area contributed by atoms with E-state index in [0.29, 0.717) is 12.0 Å². The summed E-state index contributed by atoms with van der Waals surface area (Å²) in [7, 11) is 0. The zero-order valence-corrected chi connectivity index (χ0v) is 14.3. The fourth-order valence-electron chi connectivity index (χ4n) is 4.01. The number of hydrogen-bond acceptors (Lipinski definition) is 4. The quantitative estimate of drug-likeness (QED) is 0.847. The number of carbonyl (C=O) groups is 1. The number of carbonyl (C=O) groups excluding carboxylic acids is 1. The number of nitrogens with one attached hydrogen (secondary N) is 1. The van der Waals surface area contributed by atoms with E-state index in [1.807, 2.05) is 30.3 Å². The minimum Gasteiger partial charge on any atom is -0.460 e. The SMILES string of the molecule is CC(C)[C@@H](C(=O)OCc1ccccc1)N1CC[C@]2(CCNC2)C1. The highest BCUT2D eigenvalue weighted by atomic mass is 16.5. The number of nitrogens with zero attached hydrogens (tertiary/aromatic N) is 1. The van der Waals surface area contributed by atoms with Crippen LogP contribution in [0.5, 0.6) is 0 Å². The van der Waals surface area contributed by atoms with Crippen molar-refractivity contribution in [2.24, 2.45) is 11.3 Å². The number of ether oxygens (including phenoxy) is 1. The standard InChI is InChI=1S/C19H28N2O2/c1-15(2)17(18(22)23-12-16-6-4-3-5-7-16)21-11-9-19(14-21)8-10-20-13-19/h3-7,15,17,20H,8-14H2,1-2H3/t17-,19-/m0/s1. The van der Waals surface area contributed by atoms with Crippen LogP contribution in [0.15, 0.2) is 30.3 Å². The van der Waals surface area contributed by atoms with Gasteiger partial charge in [0, 0.05) is 13.1 Å². The van der Waals surface area contributed by atoms with Crippen molar-refractivity contribution in [3.63, 3.8) is 0 Å². The molecule has 4 nitrogen and oxygen atoms in total. The van der Waals surface area contributed by atoms with Crippen LogP contribution >= 0.6 is 0 Å². The molecule has 0 amide bonds. The van der Waals surface area contributed by atoms with Crippen LogP contribution < -0.4 is 5.32 Å². The highest BCUT2D eigenvalue weighted by Crippen LogP contribution is 2.37. The highest BCUT2D eigenvalue weighted by molar-refractivity contribution is 5.76. The molecular weight excluding hydrogens is 288 g/mol. The Balaban J connectivity index is 1.61. The van der Waals surface area contributed by atoms with Crippen LogP contribution in [0, 0.1) is 11.3 Å². The molecule has 1 N–H and O–H groups in total. The van der Waals surface area contributed by atoms with Gasteiger partial charge in [-0.1, -0.05) is 44.2 Å². The summed E-state index contributed by atoms with van der Waals surface area (Å²) in [5, 5.41) is 3.48. The molecular formula is C19H28N2O2. The zero-order chi connectivity index (χ0) is 16.3. The van der Waals surface area contributed by atoms with Crippen molar-refractivity contribution in [1.82, 2.24) is 10.2 Å². The van der Waals surface area contributed by atoms with E-state index in [0.717, 1.165) is 31.7 Å². The van der Waals surface area contributed by atoms with E-state index < -0.39 is 0 Å². The molecule has 3 rings (SSSR count). The molecule has 2 saturated heterocycles. The van der Waals surface area contributed by atoms with Crippen molar-refractivity contribution in [2.45, 2.75) is 39.3 Å². The Hall–Kier alpha value is -1.39. The molecule has 0 bridgehead atoms.